The minimum absolute atomic E-state index is 0.103. The maximum Gasteiger partial charge on any atom is 0.310 e. The van der Waals surface area contributed by atoms with Gasteiger partial charge in [0.05, 0.1) is 17.9 Å². The van der Waals surface area contributed by atoms with Crippen molar-refractivity contribution in [3.8, 4) is 0 Å². The largest absolute Gasteiger partial charge is 0.469 e. The van der Waals surface area contributed by atoms with Gasteiger partial charge in [-0.2, -0.15) is 4.72 Å². The van der Waals surface area contributed by atoms with Gasteiger partial charge in [-0.1, -0.05) is 38.5 Å². The van der Waals surface area contributed by atoms with E-state index in [1.807, 2.05) is 20.8 Å². The van der Waals surface area contributed by atoms with Gasteiger partial charge in [0, 0.05) is 13.1 Å². The number of aryl methyl sites for hydroxylation is 1. The summed E-state index contributed by atoms with van der Waals surface area (Å²) in [5, 5.41) is 0. The molecule has 0 heterocycles. The van der Waals surface area contributed by atoms with Crippen molar-refractivity contribution in [3.63, 3.8) is 0 Å². The number of hydrogen-bond acceptors (Lipinski definition) is 5. The Labute approximate surface area is 168 Å². The summed E-state index contributed by atoms with van der Waals surface area (Å²) >= 11 is 0. The number of nitrogens with one attached hydrogen (secondary N) is 1. The molecule has 2 atom stereocenters. The summed E-state index contributed by atoms with van der Waals surface area (Å²) in [7, 11) is -2.55. The zero-order chi connectivity index (χ0) is 21.5. The van der Waals surface area contributed by atoms with E-state index in [1.54, 1.807) is 26.0 Å². The molecule has 0 radical (unpaired) electrons. The molecule has 8 heteroatoms. The minimum atomic E-state index is -3.85. The zero-order valence-electron chi connectivity index (χ0n) is 17.6. The fraction of sp³-hybridized carbons (Fsp3) is 0.600. The highest BCUT2D eigenvalue weighted by molar-refractivity contribution is 7.89. The van der Waals surface area contributed by atoms with Crippen LogP contribution < -0.4 is 4.72 Å². The third kappa shape index (κ3) is 6.91. The molecule has 7 nitrogen and oxygen atoms in total. The number of likely N-dealkylation sites (N-methyl/N-ethyl adjacent to an activating group) is 1. The number of ether oxygens (including phenoxy) is 1. The smallest absolute Gasteiger partial charge is 0.310 e. The number of carbonyl (C=O) groups excluding carboxylic acids is 2. The van der Waals surface area contributed by atoms with E-state index >= 15 is 0 Å². The van der Waals surface area contributed by atoms with Crippen LogP contribution in [0.15, 0.2) is 29.2 Å². The second-order valence-electron chi connectivity index (χ2n) is 7.42. The molecule has 28 heavy (non-hydrogen) atoms. The molecule has 0 saturated heterocycles. The summed E-state index contributed by atoms with van der Waals surface area (Å²) in [6.07, 6.45) is 0.354. The predicted octanol–water partition coefficient (Wildman–Crippen LogP) is 2.35. The number of rotatable bonds is 10. The van der Waals surface area contributed by atoms with Crippen LogP contribution in [0.25, 0.3) is 0 Å². The molecule has 1 N–H and O–H groups in total. The summed E-state index contributed by atoms with van der Waals surface area (Å²) in [5.41, 5.74) is 0.947. The normalized spacial score (nSPS) is 13.8. The standard InChI is InChI=1S/C20H32N2O5S/c1-7-22(13-16(5)20(24)27-6)19(23)18(12-14(2)3)21-28(25,26)17-10-8-15(4)9-11-17/h8-11,14,16,18,21H,7,12-13H2,1-6H3. The molecule has 0 aromatic heterocycles. The summed E-state index contributed by atoms with van der Waals surface area (Å²) in [5.74, 6) is -1.15. The molecule has 1 aromatic rings. The number of benzene rings is 1. The molecule has 1 rings (SSSR count). The van der Waals surface area contributed by atoms with E-state index in [0.29, 0.717) is 13.0 Å². The Balaban J connectivity index is 3.06. The molecule has 0 saturated carbocycles. The first-order chi connectivity index (χ1) is 13.0. The van der Waals surface area contributed by atoms with Crippen molar-refractivity contribution >= 4 is 21.9 Å². The van der Waals surface area contributed by atoms with Crippen LogP contribution in [0, 0.1) is 18.8 Å². The van der Waals surface area contributed by atoms with E-state index in [1.165, 1.54) is 24.1 Å². The minimum Gasteiger partial charge on any atom is -0.469 e. The van der Waals surface area contributed by atoms with Crippen molar-refractivity contribution in [2.24, 2.45) is 11.8 Å². The molecule has 0 spiro atoms. The molecular weight excluding hydrogens is 380 g/mol. The lowest BCUT2D eigenvalue weighted by Gasteiger charge is -2.29. The summed E-state index contributed by atoms with van der Waals surface area (Å²) in [6, 6.07) is 5.56. The van der Waals surface area contributed by atoms with E-state index in [2.05, 4.69) is 4.72 Å². The van der Waals surface area contributed by atoms with E-state index in [4.69, 9.17) is 4.74 Å². The van der Waals surface area contributed by atoms with Crippen LogP contribution >= 0.6 is 0 Å². The van der Waals surface area contributed by atoms with Crippen molar-refractivity contribution < 1.29 is 22.7 Å². The Kier molecular flexibility index (Phi) is 9.10. The SMILES string of the molecule is CCN(CC(C)C(=O)OC)C(=O)C(CC(C)C)NS(=O)(=O)c1ccc(C)cc1. The third-order valence-electron chi connectivity index (χ3n) is 4.43. The summed E-state index contributed by atoms with van der Waals surface area (Å²) in [6.45, 7) is 9.72. The Morgan fingerprint density at radius 2 is 1.71 bits per heavy atom. The van der Waals surface area contributed by atoms with Crippen LogP contribution in [-0.2, 0) is 24.3 Å². The molecule has 0 aliphatic heterocycles. The van der Waals surface area contributed by atoms with Gasteiger partial charge >= 0.3 is 5.97 Å². The van der Waals surface area contributed by atoms with Crippen LogP contribution in [0.2, 0.25) is 0 Å². The van der Waals surface area contributed by atoms with Crippen LogP contribution in [0.5, 0.6) is 0 Å². The van der Waals surface area contributed by atoms with Gasteiger partial charge in [0.1, 0.15) is 6.04 Å². The van der Waals surface area contributed by atoms with Crippen molar-refractivity contribution in [1.82, 2.24) is 9.62 Å². The average molecular weight is 413 g/mol. The first-order valence-electron chi connectivity index (χ1n) is 9.47. The van der Waals surface area contributed by atoms with Crippen LogP contribution in [0.4, 0.5) is 0 Å². The number of methoxy groups -OCH3 is 1. The summed E-state index contributed by atoms with van der Waals surface area (Å²) in [4.78, 5) is 26.4. The molecular formula is C20H32N2O5S. The second kappa shape index (κ2) is 10.6. The lowest BCUT2D eigenvalue weighted by atomic mass is 10.0. The van der Waals surface area contributed by atoms with Gasteiger partial charge in [0.2, 0.25) is 15.9 Å². The number of esters is 1. The highest BCUT2D eigenvalue weighted by Crippen LogP contribution is 2.15. The molecule has 158 valence electrons. The highest BCUT2D eigenvalue weighted by Gasteiger charge is 2.31. The monoisotopic (exact) mass is 412 g/mol. The number of hydrogen-bond donors (Lipinski definition) is 1. The topological polar surface area (TPSA) is 92.8 Å². The molecule has 1 aromatic carbocycles. The first kappa shape index (κ1) is 24.1. The van der Waals surface area contributed by atoms with E-state index in [0.717, 1.165) is 5.56 Å². The molecule has 0 fully saturated rings. The van der Waals surface area contributed by atoms with E-state index in [-0.39, 0.29) is 23.3 Å². The Bertz CT molecular complexity index is 759. The highest BCUT2D eigenvalue weighted by atomic mass is 32.2. The molecule has 0 bridgehead atoms. The average Bonchev–Trinajstić information content (AvgIpc) is 2.63. The van der Waals surface area contributed by atoms with Crippen LogP contribution in [0.3, 0.4) is 0 Å². The van der Waals surface area contributed by atoms with Gasteiger partial charge in [0.15, 0.2) is 0 Å². The Hall–Kier alpha value is -1.93. The first-order valence-corrected chi connectivity index (χ1v) is 11.0. The molecule has 1 amide bonds. The number of carbonyl (C=O) groups is 2. The van der Waals surface area contributed by atoms with Gasteiger partial charge < -0.3 is 9.64 Å². The molecule has 0 aliphatic carbocycles. The van der Waals surface area contributed by atoms with Crippen molar-refractivity contribution in [2.45, 2.75) is 52.0 Å². The van der Waals surface area contributed by atoms with E-state index in [9.17, 15) is 18.0 Å². The quantitative estimate of drug-likeness (QED) is 0.596. The number of sulfonamides is 1. The van der Waals surface area contributed by atoms with Gasteiger partial charge in [-0.3, -0.25) is 9.59 Å². The maximum absolute atomic E-state index is 13.1. The zero-order valence-corrected chi connectivity index (χ0v) is 18.4. The Morgan fingerprint density at radius 1 is 1.14 bits per heavy atom. The lowest BCUT2D eigenvalue weighted by Crippen LogP contribution is -2.50. The summed E-state index contributed by atoms with van der Waals surface area (Å²) < 4.78 is 32.8. The third-order valence-corrected chi connectivity index (χ3v) is 5.91. The lowest BCUT2D eigenvalue weighted by molar-refractivity contribution is -0.146. The van der Waals surface area contributed by atoms with Gasteiger partial charge in [-0.15, -0.1) is 0 Å². The second-order valence-corrected chi connectivity index (χ2v) is 9.13. The van der Waals surface area contributed by atoms with Crippen LogP contribution in [-0.4, -0.2) is 51.4 Å². The van der Waals surface area contributed by atoms with Gasteiger partial charge in [-0.25, -0.2) is 8.42 Å². The van der Waals surface area contributed by atoms with Crippen molar-refractivity contribution in [1.29, 1.82) is 0 Å². The van der Waals surface area contributed by atoms with Crippen molar-refractivity contribution in [2.75, 3.05) is 20.2 Å². The molecule has 2 unspecified atom stereocenters. The van der Waals surface area contributed by atoms with Crippen molar-refractivity contribution in [3.05, 3.63) is 29.8 Å². The van der Waals surface area contributed by atoms with Crippen LogP contribution in [0.1, 0.15) is 39.7 Å². The number of nitrogens with zero attached hydrogens (tertiary/aromatic N) is 1. The van der Waals surface area contributed by atoms with Gasteiger partial charge in [-0.05, 0) is 38.3 Å². The Morgan fingerprint density at radius 3 is 2.18 bits per heavy atom. The van der Waals surface area contributed by atoms with E-state index < -0.39 is 28.0 Å². The molecule has 0 aliphatic rings. The van der Waals surface area contributed by atoms with Gasteiger partial charge in [0.25, 0.3) is 0 Å². The fourth-order valence-electron chi connectivity index (χ4n) is 2.85. The predicted molar refractivity (Wildman–Crippen MR) is 108 cm³/mol. The number of amides is 1. The maximum atomic E-state index is 13.1. The fourth-order valence-corrected chi connectivity index (χ4v) is 4.05.